The Morgan fingerprint density at radius 3 is 2.52 bits per heavy atom. The molecule has 0 aliphatic heterocycles. The number of hydrogen-bond donors (Lipinski definition) is 3. The summed E-state index contributed by atoms with van der Waals surface area (Å²) in [5.74, 6) is 1.57. The van der Waals surface area contributed by atoms with E-state index in [-0.39, 0.29) is 6.42 Å². The van der Waals surface area contributed by atoms with Crippen molar-refractivity contribution in [3.05, 3.63) is 24.3 Å². The molecule has 3 heteroatoms. The number of aliphatic hydroxyl groups is 3. The maximum absolute atomic E-state index is 9.39. The molecule has 0 aromatic carbocycles. The molecular weight excluding hydrogens is 360 g/mol. The van der Waals surface area contributed by atoms with E-state index in [9.17, 15) is 10.2 Å². The number of aliphatic hydroxyl groups excluding tert-OH is 1. The maximum Gasteiger partial charge on any atom is 0.186 e. The Kier molecular flexibility index (Phi) is 11.6. The summed E-state index contributed by atoms with van der Waals surface area (Å²) in [6.07, 6.45) is 27.7. The third-order valence-corrected chi connectivity index (χ3v) is 7.06. The molecule has 2 fully saturated rings. The molecule has 3 atom stereocenters. The average molecular weight is 407 g/mol. The van der Waals surface area contributed by atoms with Crippen molar-refractivity contribution in [2.45, 2.75) is 109 Å². The monoisotopic (exact) mass is 406 g/mol. The normalized spacial score (nSPS) is 24.1. The fourth-order valence-corrected chi connectivity index (χ4v) is 4.96. The number of allylic oxidation sites excluding steroid dienone is 4. The van der Waals surface area contributed by atoms with Crippen LogP contribution >= 0.6 is 0 Å². The predicted octanol–water partition coefficient (Wildman–Crippen LogP) is 6.14. The van der Waals surface area contributed by atoms with Gasteiger partial charge >= 0.3 is 0 Å². The lowest BCUT2D eigenvalue weighted by atomic mass is 9.89. The molecule has 2 aliphatic rings. The van der Waals surface area contributed by atoms with E-state index in [0.717, 1.165) is 36.5 Å². The Labute approximate surface area is 179 Å². The quantitative estimate of drug-likeness (QED) is 0.164. The third kappa shape index (κ3) is 10.3. The van der Waals surface area contributed by atoms with Crippen LogP contribution in [0, 0.1) is 23.7 Å². The number of rotatable bonds is 16. The second-order valence-corrected chi connectivity index (χ2v) is 9.71. The van der Waals surface area contributed by atoms with Crippen LogP contribution < -0.4 is 0 Å². The van der Waals surface area contributed by atoms with Crippen LogP contribution in [0.3, 0.4) is 0 Å². The summed E-state index contributed by atoms with van der Waals surface area (Å²) in [7, 11) is 0. The van der Waals surface area contributed by atoms with Crippen molar-refractivity contribution >= 4 is 0 Å². The van der Waals surface area contributed by atoms with Crippen molar-refractivity contribution in [2.24, 2.45) is 23.7 Å². The van der Waals surface area contributed by atoms with Crippen LogP contribution in [0.25, 0.3) is 0 Å². The Balaban J connectivity index is 1.65. The fourth-order valence-electron chi connectivity index (χ4n) is 4.96. The van der Waals surface area contributed by atoms with Gasteiger partial charge in [-0.3, -0.25) is 0 Å². The molecule has 0 aromatic rings. The first-order valence-corrected chi connectivity index (χ1v) is 12.4. The first-order chi connectivity index (χ1) is 14.1. The topological polar surface area (TPSA) is 60.7 Å². The molecule has 2 saturated carbocycles. The van der Waals surface area contributed by atoms with Crippen molar-refractivity contribution in [2.75, 3.05) is 6.61 Å². The van der Waals surface area contributed by atoms with Crippen molar-refractivity contribution in [1.29, 1.82) is 0 Å². The van der Waals surface area contributed by atoms with Gasteiger partial charge in [0.05, 0.1) is 6.61 Å². The molecule has 0 radical (unpaired) electrons. The van der Waals surface area contributed by atoms with Gasteiger partial charge in [0, 0.05) is 6.42 Å². The third-order valence-electron chi connectivity index (χ3n) is 7.06. The lowest BCUT2D eigenvalue weighted by molar-refractivity contribution is -0.191. The molecule has 0 heterocycles. The highest BCUT2D eigenvalue weighted by Crippen LogP contribution is 2.42. The summed E-state index contributed by atoms with van der Waals surface area (Å²) < 4.78 is 0. The zero-order chi connectivity index (χ0) is 21.0. The largest absolute Gasteiger partial charge is 0.391 e. The van der Waals surface area contributed by atoms with Gasteiger partial charge in [-0.15, -0.1) is 0 Å². The van der Waals surface area contributed by atoms with Gasteiger partial charge in [-0.2, -0.15) is 0 Å². The van der Waals surface area contributed by atoms with Crippen molar-refractivity contribution < 1.29 is 15.3 Å². The molecular formula is C26H46O3. The molecule has 2 aliphatic carbocycles. The highest BCUT2D eigenvalue weighted by molar-refractivity contribution is 4.99. The van der Waals surface area contributed by atoms with Gasteiger partial charge in [-0.25, -0.2) is 0 Å². The Hall–Kier alpha value is -0.640. The van der Waals surface area contributed by atoms with Crippen LogP contribution in [0.4, 0.5) is 0 Å². The SMILES string of the molecule is CCCCCC[C@@H](C/C=C/[C@H]1CCC[C@@H]1C/C=C\CCCC(O)(O)CO)C1CC1. The van der Waals surface area contributed by atoms with E-state index in [1.807, 2.05) is 0 Å². The molecule has 0 amide bonds. The first-order valence-electron chi connectivity index (χ1n) is 12.4. The highest BCUT2D eigenvalue weighted by Gasteiger charge is 2.30. The van der Waals surface area contributed by atoms with Gasteiger partial charge in [0.25, 0.3) is 0 Å². The Bertz CT molecular complexity index is 478. The summed E-state index contributed by atoms with van der Waals surface area (Å²) in [6, 6.07) is 0. The van der Waals surface area contributed by atoms with E-state index < -0.39 is 12.4 Å². The van der Waals surface area contributed by atoms with Crippen LogP contribution in [0.1, 0.15) is 103 Å². The van der Waals surface area contributed by atoms with Crippen molar-refractivity contribution in [1.82, 2.24) is 0 Å². The Morgan fingerprint density at radius 2 is 1.79 bits per heavy atom. The molecule has 2 rings (SSSR count). The van der Waals surface area contributed by atoms with Crippen molar-refractivity contribution in [3.8, 4) is 0 Å². The minimum Gasteiger partial charge on any atom is -0.391 e. The van der Waals surface area contributed by atoms with E-state index in [0.29, 0.717) is 6.42 Å². The highest BCUT2D eigenvalue weighted by atomic mass is 16.5. The van der Waals surface area contributed by atoms with E-state index >= 15 is 0 Å². The summed E-state index contributed by atoms with van der Waals surface area (Å²) in [5.41, 5.74) is 0. The van der Waals surface area contributed by atoms with Gasteiger partial charge in [0.2, 0.25) is 0 Å². The molecule has 0 saturated heterocycles. The van der Waals surface area contributed by atoms with Crippen LogP contribution in [-0.4, -0.2) is 27.7 Å². The first kappa shape index (κ1) is 24.6. The second kappa shape index (κ2) is 13.6. The zero-order valence-corrected chi connectivity index (χ0v) is 18.8. The minimum absolute atomic E-state index is 0.225. The molecule has 168 valence electrons. The van der Waals surface area contributed by atoms with E-state index in [1.165, 1.54) is 70.6 Å². The molecule has 29 heavy (non-hydrogen) atoms. The molecule has 0 bridgehead atoms. The van der Waals surface area contributed by atoms with E-state index in [1.54, 1.807) is 0 Å². The number of hydrogen-bond acceptors (Lipinski definition) is 3. The molecule has 0 aromatic heterocycles. The predicted molar refractivity (Wildman–Crippen MR) is 121 cm³/mol. The van der Waals surface area contributed by atoms with Crippen molar-refractivity contribution in [3.63, 3.8) is 0 Å². The van der Waals surface area contributed by atoms with Gasteiger partial charge in [-0.1, -0.05) is 63.3 Å². The summed E-state index contributed by atoms with van der Waals surface area (Å²) in [5, 5.41) is 27.6. The van der Waals surface area contributed by atoms with Crippen LogP contribution in [0.5, 0.6) is 0 Å². The maximum atomic E-state index is 9.39. The van der Waals surface area contributed by atoms with Gasteiger partial charge in [-0.05, 0) is 81.5 Å². The van der Waals surface area contributed by atoms with Crippen LogP contribution in [0.15, 0.2) is 24.3 Å². The smallest absolute Gasteiger partial charge is 0.186 e. The minimum atomic E-state index is -1.91. The lowest BCUT2D eigenvalue weighted by Gasteiger charge is -2.17. The summed E-state index contributed by atoms with van der Waals surface area (Å²) in [4.78, 5) is 0. The standard InChI is InChI=1S/C26H46O3/c1-2-3-4-7-12-23(25-18-19-25)15-11-17-24-16-10-14-22(24)13-8-5-6-9-20-26(28,29)21-27/h5,8,11,17,22-25,27-29H,2-4,6-7,9-10,12-16,18-21H2,1H3/b8-5-,17-11+/t22-,23-,24+/m0/s1. The average Bonchev–Trinajstić information content (AvgIpc) is 3.46. The molecule has 3 N–H and O–H groups in total. The van der Waals surface area contributed by atoms with Gasteiger partial charge in [0.1, 0.15) is 0 Å². The van der Waals surface area contributed by atoms with E-state index in [4.69, 9.17) is 5.11 Å². The summed E-state index contributed by atoms with van der Waals surface area (Å²) in [6.45, 7) is 1.70. The molecule has 0 spiro atoms. The van der Waals surface area contributed by atoms with E-state index in [2.05, 4.69) is 31.2 Å². The molecule has 0 unspecified atom stereocenters. The zero-order valence-electron chi connectivity index (χ0n) is 18.8. The summed E-state index contributed by atoms with van der Waals surface area (Å²) >= 11 is 0. The Morgan fingerprint density at radius 1 is 0.966 bits per heavy atom. The lowest BCUT2D eigenvalue weighted by Crippen LogP contribution is -2.32. The van der Waals surface area contributed by atoms with Crippen LogP contribution in [-0.2, 0) is 0 Å². The number of unbranched alkanes of at least 4 members (excludes halogenated alkanes) is 4. The van der Waals surface area contributed by atoms with Crippen LogP contribution in [0.2, 0.25) is 0 Å². The van der Waals surface area contributed by atoms with Gasteiger partial charge in [0.15, 0.2) is 5.79 Å². The fraction of sp³-hybridized carbons (Fsp3) is 0.846. The second-order valence-electron chi connectivity index (χ2n) is 9.71. The van der Waals surface area contributed by atoms with Gasteiger partial charge < -0.3 is 15.3 Å². The molecule has 3 nitrogen and oxygen atoms in total.